The summed E-state index contributed by atoms with van der Waals surface area (Å²) in [6.07, 6.45) is 1.02. The highest BCUT2D eigenvalue weighted by Gasteiger charge is 2.12. The van der Waals surface area contributed by atoms with Crippen LogP contribution < -0.4 is 10.6 Å². The number of hydrogen-bond donors (Lipinski definition) is 2. The summed E-state index contributed by atoms with van der Waals surface area (Å²) in [7, 11) is 1.82. The van der Waals surface area contributed by atoms with Gasteiger partial charge in [-0.2, -0.15) is 0 Å². The number of aryl methyl sites for hydroxylation is 2. The summed E-state index contributed by atoms with van der Waals surface area (Å²) in [5.74, 6) is 1.94. The molecule has 0 radical (unpaired) electrons. The molecule has 2 N–H and O–H groups in total. The lowest BCUT2D eigenvalue weighted by molar-refractivity contribution is 0.178. The number of aromatic nitrogens is 2. The fraction of sp³-hybridized carbons (Fsp3) is 0.619. The third-order valence-electron chi connectivity index (χ3n) is 4.91. The zero-order valence-corrected chi connectivity index (χ0v) is 20.5. The first-order valence-electron chi connectivity index (χ1n) is 10.1. The van der Waals surface area contributed by atoms with Gasteiger partial charge in [0.05, 0.1) is 11.0 Å². The zero-order chi connectivity index (χ0) is 19.8. The third-order valence-corrected chi connectivity index (χ3v) is 4.91. The molecule has 2 aromatic rings. The van der Waals surface area contributed by atoms with Gasteiger partial charge in [-0.3, -0.25) is 9.89 Å². The van der Waals surface area contributed by atoms with Crippen molar-refractivity contribution in [1.29, 1.82) is 0 Å². The molecule has 158 valence electrons. The maximum absolute atomic E-state index is 4.63. The molecule has 1 aromatic carbocycles. The lowest BCUT2D eigenvalue weighted by atomic mass is 10.2. The number of benzene rings is 1. The van der Waals surface area contributed by atoms with Gasteiger partial charge in [0.15, 0.2) is 5.96 Å². The molecule has 1 heterocycles. The number of para-hydroxylation sites is 2. The summed E-state index contributed by atoms with van der Waals surface area (Å²) in [6, 6.07) is 9.42. The van der Waals surface area contributed by atoms with Gasteiger partial charge in [0, 0.05) is 45.3 Å². The molecule has 0 saturated carbocycles. The Morgan fingerprint density at radius 1 is 1.11 bits per heavy atom. The van der Waals surface area contributed by atoms with Gasteiger partial charge in [-0.05, 0) is 53.2 Å². The lowest BCUT2D eigenvalue weighted by Crippen LogP contribution is -2.45. The van der Waals surface area contributed by atoms with Crippen molar-refractivity contribution >= 4 is 41.0 Å². The largest absolute Gasteiger partial charge is 0.356 e. The first kappa shape index (κ1) is 24.7. The second-order valence-corrected chi connectivity index (χ2v) is 7.50. The number of guanidine groups is 1. The van der Waals surface area contributed by atoms with Gasteiger partial charge in [0.2, 0.25) is 0 Å². The molecule has 0 atom stereocenters. The summed E-state index contributed by atoms with van der Waals surface area (Å²) in [4.78, 5) is 11.4. The minimum Gasteiger partial charge on any atom is -0.356 e. The van der Waals surface area contributed by atoms with E-state index in [1.165, 1.54) is 5.52 Å². The second kappa shape index (κ2) is 12.3. The topological polar surface area (TPSA) is 57.5 Å². The molecule has 28 heavy (non-hydrogen) atoms. The average molecular weight is 500 g/mol. The maximum atomic E-state index is 4.63. The Labute approximate surface area is 187 Å². The molecule has 0 aliphatic heterocycles. The molecule has 0 unspecified atom stereocenters. The van der Waals surface area contributed by atoms with Crippen LogP contribution in [0, 0.1) is 6.92 Å². The normalized spacial score (nSPS) is 12.1. The van der Waals surface area contributed by atoms with Crippen LogP contribution in [-0.4, -0.2) is 59.2 Å². The number of nitrogens with one attached hydrogen (secondary N) is 2. The minimum atomic E-state index is 0. The zero-order valence-electron chi connectivity index (χ0n) is 18.2. The summed E-state index contributed by atoms with van der Waals surface area (Å²) in [5, 5.41) is 6.84. The standard InChI is InChI=1S/C21H36N6.HI/c1-16(2)26(17(3)4)15-13-24-21(22-6)23-12-9-14-27-18(5)25-19-10-7-8-11-20(19)27;/h7-8,10-11,16-17H,9,12-15H2,1-6H3,(H2,22,23,24);1H. The number of fused-ring (bicyclic) bond motifs is 1. The maximum Gasteiger partial charge on any atom is 0.191 e. The number of nitrogens with zero attached hydrogens (tertiary/aromatic N) is 4. The first-order chi connectivity index (χ1) is 12.9. The highest BCUT2D eigenvalue weighted by molar-refractivity contribution is 14.0. The molecule has 0 fully saturated rings. The Bertz CT molecular complexity index is 730. The van der Waals surface area contributed by atoms with Gasteiger partial charge in [-0.15, -0.1) is 24.0 Å². The molecule has 0 bridgehead atoms. The van der Waals surface area contributed by atoms with E-state index in [2.05, 4.69) is 82.9 Å². The van der Waals surface area contributed by atoms with Gasteiger partial charge in [0.25, 0.3) is 0 Å². The summed E-state index contributed by atoms with van der Waals surface area (Å²) in [6.45, 7) is 14.8. The fourth-order valence-electron chi connectivity index (χ4n) is 3.56. The lowest BCUT2D eigenvalue weighted by Gasteiger charge is -2.30. The number of hydrogen-bond acceptors (Lipinski definition) is 3. The first-order valence-corrected chi connectivity index (χ1v) is 10.1. The molecular weight excluding hydrogens is 463 g/mol. The van der Waals surface area contributed by atoms with E-state index in [1.807, 2.05) is 13.1 Å². The van der Waals surface area contributed by atoms with E-state index in [0.717, 1.165) is 49.9 Å². The van der Waals surface area contributed by atoms with Crippen LogP contribution in [0.5, 0.6) is 0 Å². The number of halogens is 1. The van der Waals surface area contributed by atoms with E-state index in [9.17, 15) is 0 Å². The van der Waals surface area contributed by atoms with E-state index in [-0.39, 0.29) is 24.0 Å². The van der Waals surface area contributed by atoms with Crippen LogP contribution in [0.25, 0.3) is 11.0 Å². The van der Waals surface area contributed by atoms with Crippen molar-refractivity contribution in [3.8, 4) is 0 Å². The van der Waals surface area contributed by atoms with E-state index in [4.69, 9.17) is 0 Å². The van der Waals surface area contributed by atoms with E-state index in [1.54, 1.807) is 0 Å². The SMILES string of the molecule is CN=C(NCCCn1c(C)nc2ccccc21)NCCN(C(C)C)C(C)C.I. The molecule has 2 rings (SSSR count). The molecule has 6 nitrogen and oxygen atoms in total. The van der Waals surface area contributed by atoms with Crippen molar-refractivity contribution in [1.82, 2.24) is 25.1 Å². The van der Waals surface area contributed by atoms with Gasteiger partial charge >= 0.3 is 0 Å². The van der Waals surface area contributed by atoms with Crippen LogP contribution in [0.2, 0.25) is 0 Å². The highest BCUT2D eigenvalue weighted by Crippen LogP contribution is 2.15. The Morgan fingerprint density at radius 2 is 1.75 bits per heavy atom. The highest BCUT2D eigenvalue weighted by atomic mass is 127. The summed E-state index contributed by atoms with van der Waals surface area (Å²) < 4.78 is 2.29. The van der Waals surface area contributed by atoms with E-state index in [0.29, 0.717) is 12.1 Å². The Hall–Kier alpha value is -1.35. The van der Waals surface area contributed by atoms with Crippen LogP contribution in [0.15, 0.2) is 29.3 Å². The predicted molar refractivity (Wildman–Crippen MR) is 131 cm³/mol. The van der Waals surface area contributed by atoms with Crippen molar-refractivity contribution in [2.24, 2.45) is 4.99 Å². The van der Waals surface area contributed by atoms with E-state index < -0.39 is 0 Å². The van der Waals surface area contributed by atoms with Crippen LogP contribution in [0.3, 0.4) is 0 Å². The predicted octanol–water partition coefficient (Wildman–Crippen LogP) is 3.64. The molecule has 7 heteroatoms. The van der Waals surface area contributed by atoms with Gasteiger partial charge < -0.3 is 15.2 Å². The Kier molecular flexibility index (Phi) is 10.8. The Balaban J connectivity index is 0.00000392. The Morgan fingerprint density at radius 3 is 2.39 bits per heavy atom. The average Bonchev–Trinajstić information content (AvgIpc) is 2.95. The van der Waals surface area contributed by atoms with Gasteiger partial charge in [-0.1, -0.05) is 12.1 Å². The monoisotopic (exact) mass is 500 g/mol. The van der Waals surface area contributed by atoms with Crippen LogP contribution >= 0.6 is 24.0 Å². The summed E-state index contributed by atoms with van der Waals surface area (Å²) >= 11 is 0. The molecule has 0 saturated heterocycles. The van der Waals surface area contributed by atoms with Crippen LogP contribution in [0.1, 0.15) is 39.9 Å². The third kappa shape index (κ3) is 6.92. The molecular formula is C21H37IN6. The minimum absolute atomic E-state index is 0. The molecule has 0 amide bonds. The quantitative estimate of drug-likeness (QED) is 0.239. The smallest absolute Gasteiger partial charge is 0.191 e. The van der Waals surface area contributed by atoms with Gasteiger partial charge in [0.1, 0.15) is 5.82 Å². The number of rotatable bonds is 9. The van der Waals surface area contributed by atoms with Crippen molar-refractivity contribution in [3.05, 3.63) is 30.1 Å². The van der Waals surface area contributed by atoms with Crippen LogP contribution in [-0.2, 0) is 6.54 Å². The van der Waals surface area contributed by atoms with Crippen molar-refractivity contribution in [2.75, 3.05) is 26.7 Å². The molecule has 0 aliphatic rings. The van der Waals surface area contributed by atoms with E-state index >= 15 is 0 Å². The second-order valence-electron chi connectivity index (χ2n) is 7.50. The van der Waals surface area contributed by atoms with Gasteiger partial charge in [-0.25, -0.2) is 4.98 Å². The van der Waals surface area contributed by atoms with Crippen LogP contribution in [0.4, 0.5) is 0 Å². The molecule has 0 spiro atoms. The summed E-state index contributed by atoms with van der Waals surface area (Å²) in [5.41, 5.74) is 2.28. The number of imidazole rings is 1. The molecule has 0 aliphatic carbocycles. The van der Waals surface area contributed by atoms with Crippen molar-refractivity contribution in [2.45, 2.75) is 59.7 Å². The van der Waals surface area contributed by atoms with Crippen molar-refractivity contribution < 1.29 is 0 Å². The number of aliphatic imine (C=N–C) groups is 1. The fourth-order valence-corrected chi connectivity index (χ4v) is 3.56. The molecule has 1 aromatic heterocycles. The van der Waals surface area contributed by atoms with Crippen molar-refractivity contribution in [3.63, 3.8) is 0 Å².